The molecule has 0 saturated heterocycles. The smallest absolute Gasteiger partial charge is 0.245 e. The molecule has 0 fully saturated rings. The Labute approximate surface area is 157 Å². The Balaban J connectivity index is 2.25. The number of thioether (sulfide) groups is 1. The third-order valence-corrected chi connectivity index (χ3v) is 5.57. The summed E-state index contributed by atoms with van der Waals surface area (Å²) in [5.41, 5.74) is 1.73. The van der Waals surface area contributed by atoms with Crippen LogP contribution in [0.3, 0.4) is 0 Å². The topological polar surface area (TPSA) is 66.5 Å². The van der Waals surface area contributed by atoms with E-state index in [0.717, 1.165) is 15.5 Å². The second kappa shape index (κ2) is 8.12. The lowest BCUT2D eigenvalue weighted by Crippen LogP contribution is -2.37. The van der Waals surface area contributed by atoms with Crippen LogP contribution in [0.5, 0.6) is 0 Å². The van der Waals surface area contributed by atoms with Gasteiger partial charge in [0.25, 0.3) is 0 Å². The number of hydrogen-bond acceptors (Lipinski definition) is 4. The molecule has 0 radical (unpaired) electrons. The van der Waals surface area contributed by atoms with Crippen LogP contribution in [0.1, 0.15) is 5.56 Å². The fourth-order valence-corrected chi connectivity index (χ4v) is 3.80. The Bertz CT molecular complexity index is 885. The van der Waals surface area contributed by atoms with Gasteiger partial charge in [0.1, 0.15) is 6.54 Å². The van der Waals surface area contributed by atoms with Gasteiger partial charge in [0.15, 0.2) is 0 Å². The molecular formula is C17H19ClN2O3S2. The first-order valence-corrected chi connectivity index (χ1v) is 10.8. The molecule has 0 spiro atoms. The summed E-state index contributed by atoms with van der Waals surface area (Å²) in [4.78, 5) is 13.4. The van der Waals surface area contributed by atoms with Gasteiger partial charge in [-0.25, -0.2) is 8.42 Å². The third kappa shape index (κ3) is 5.39. The van der Waals surface area contributed by atoms with Gasteiger partial charge in [0, 0.05) is 15.6 Å². The van der Waals surface area contributed by atoms with Gasteiger partial charge in [0.2, 0.25) is 15.9 Å². The summed E-state index contributed by atoms with van der Waals surface area (Å²) in [7, 11) is -3.65. The van der Waals surface area contributed by atoms with Crippen molar-refractivity contribution < 1.29 is 13.2 Å². The fraction of sp³-hybridized carbons (Fsp3) is 0.235. The van der Waals surface area contributed by atoms with E-state index in [9.17, 15) is 13.2 Å². The Morgan fingerprint density at radius 1 is 1.24 bits per heavy atom. The van der Waals surface area contributed by atoms with Crippen LogP contribution in [0, 0.1) is 6.92 Å². The highest BCUT2D eigenvalue weighted by atomic mass is 35.5. The normalized spacial score (nSPS) is 11.2. The number of benzene rings is 2. The molecule has 8 heteroatoms. The molecule has 0 aliphatic rings. The highest BCUT2D eigenvalue weighted by Crippen LogP contribution is 2.26. The van der Waals surface area contributed by atoms with E-state index in [1.54, 1.807) is 43.0 Å². The van der Waals surface area contributed by atoms with Crippen molar-refractivity contribution >= 4 is 50.7 Å². The van der Waals surface area contributed by atoms with E-state index in [0.29, 0.717) is 22.0 Å². The second-order valence-corrected chi connectivity index (χ2v) is 8.70. The highest BCUT2D eigenvalue weighted by Gasteiger charge is 2.22. The van der Waals surface area contributed by atoms with Crippen molar-refractivity contribution in [2.75, 3.05) is 28.7 Å². The summed E-state index contributed by atoms with van der Waals surface area (Å²) in [6.07, 6.45) is 3.00. The Morgan fingerprint density at radius 2 is 1.96 bits per heavy atom. The van der Waals surface area contributed by atoms with Crippen molar-refractivity contribution in [1.29, 1.82) is 0 Å². The van der Waals surface area contributed by atoms with Gasteiger partial charge in [-0.3, -0.25) is 9.10 Å². The first-order chi connectivity index (χ1) is 11.7. The van der Waals surface area contributed by atoms with Crippen LogP contribution < -0.4 is 9.62 Å². The van der Waals surface area contributed by atoms with Gasteiger partial charge in [-0.05, 0) is 49.1 Å². The fourth-order valence-electron chi connectivity index (χ4n) is 2.26. The number of nitrogens with zero attached hydrogens (tertiary/aromatic N) is 1. The number of halogens is 1. The summed E-state index contributed by atoms with van der Waals surface area (Å²) < 4.78 is 25.4. The lowest BCUT2D eigenvalue weighted by atomic mass is 10.2. The molecule has 0 aromatic heterocycles. The SMILES string of the molecule is CSc1cccc(NC(=O)CN(c2cc(Cl)ccc2C)S(C)(=O)=O)c1. The van der Waals surface area contributed by atoms with Gasteiger partial charge in [0.05, 0.1) is 11.9 Å². The van der Waals surface area contributed by atoms with Gasteiger partial charge in [-0.2, -0.15) is 0 Å². The maximum atomic E-state index is 12.4. The molecule has 2 rings (SSSR count). The zero-order chi connectivity index (χ0) is 18.6. The number of rotatable bonds is 6. The number of nitrogens with one attached hydrogen (secondary N) is 1. The van der Waals surface area contributed by atoms with Crippen LogP contribution in [-0.2, 0) is 14.8 Å². The molecular weight excluding hydrogens is 380 g/mol. The van der Waals surface area contributed by atoms with E-state index in [-0.39, 0.29) is 6.54 Å². The van der Waals surface area contributed by atoms with Crippen molar-refractivity contribution in [3.63, 3.8) is 0 Å². The quantitative estimate of drug-likeness (QED) is 0.752. The van der Waals surface area contributed by atoms with Crippen molar-refractivity contribution in [3.05, 3.63) is 53.1 Å². The van der Waals surface area contributed by atoms with Gasteiger partial charge in [-0.1, -0.05) is 23.7 Å². The molecule has 0 unspecified atom stereocenters. The molecule has 0 atom stereocenters. The summed E-state index contributed by atoms with van der Waals surface area (Å²) in [6.45, 7) is 1.44. The van der Waals surface area contributed by atoms with Crippen molar-refractivity contribution in [3.8, 4) is 0 Å². The number of sulfonamides is 1. The minimum absolute atomic E-state index is 0.330. The average molecular weight is 399 g/mol. The van der Waals surface area contributed by atoms with E-state index in [4.69, 9.17) is 11.6 Å². The maximum Gasteiger partial charge on any atom is 0.245 e. The molecule has 1 amide bonds. The van der Waals surface area contributed by atoms with E-state index in [1.165, 1.54) is 0 Å². The zero-order valence-corrected chi connectivity index (χ0v) is 16.5. The average Bonchev–Trinajstić information content (AvgIpc) is 2.54. The maximum absolute atomic E-state index is 12.4. The van der Waals surface area contributed by atoms with Crippen LogP contribution in [0.2, 0.25) is 5.02 Å². The molecule has 5 nitrogen and oxygen atoms in total. The molecule has 1 N–H and O–H groups in total. The lowest BCUT2D eigenvalue weighted by Gasteiger charge is -2.24. The summed E-state index contributed by atoms with van der Waals surface area (Å²) in [6, 6.07) is 12.3. The van der Waals surface area contributed by atoms with Crippen molar-refractivity contribution in [2.45, 2.75) is 11.8 Å². The molecule has 25 heavy (non-hydrogen) atoms. The van der Waals surface area contributed by atoms with Crippen molar-refractivity contribution in [2.24, 2.45) is 0 Å². The van der Waals surface area contributed by atoms with Gasteiger partial charge in [-0.15, -0.1) is 11.8 Å². The van der Waals surface area contributed by atoms with E-state index >= 15 is 0 Å². The van der Waals surface area contributed by atoms with E-state index in [1.807, 2.05) is 24.5 Å². The molecule has 2 aromatic carbocycles. The summed E-state index contributed by atoms with van der Waals surface area (Å²) in [5.74, 6) is -0.428. The number of aryl methyl sites for hydroxylation is 1. The Morgan fingerprint density at radius 3 is 2.60 bits per heavy atom. The monoisotopic (exact) mass is 398 g/mol. The highest BCUT2D eigenvalue weighted by molar-refractivity contribution is 7.98. The van der Waals surface area contributed by atoms with Crippen LogP contribution in [0.25, 0.3) is 0 Å². The number of carbonyl (C=O) groups is 1. The predicted molar refractivity (Wildman–Crippen MR) is 105 cm³/mol. The van der Waals surface area contributed by atoms with Gasteiger partial charge >= 0.3 is 0 Å². The molecule has 0 heterocycles. The molecule has 2 aromatic rings. The largest absolute Gasteiger partial charge is 0.324 e. The number of carbonyl (C=O) groups excluding carboxylic acids is 1. The molecule has 0 aliphatic carbocycles. The molecule has 0 saturated carbocycles. The first kappa shape index (κ1) is 19.6. The Kier molecular flexibility index (Phi) is 6.37. The van der Waals surface area contributed by atoms with Crippen LogP contribution >= 0.6 is 23.4 Å². The van der Waals surface area contributed by atoms with Crippen LogP contribution in [0.4, 0.5) is 11.4 Å². The number of anilines is 2. The molecule has 134 valence electrons. The molecule has 0 bridgehead atoms. The summed E-state index contributed by atoms with van der Waals surface area (Å²) in [5, 5.41) is 3.14. The van der Waals surface area contributed by atoms with E-state index < -0.39 is 15.9 Å². The van der Waals surface area contributed by atoms with Gasteiger partial charge < -0.3 is 5.32 Å². The molecule has 0 aliphatic heterocycles. The predicted octanol–water partition coefficient (Wildman–Crippen LogP) is 3.78. The minimum Gasteiger partial charge on any atom is -0.324 e. The van der Waals surface area contributed by atoms with Crippen LogP contribution in [-0.4, -0.2) is 33.4 Å². The zero-order valence-electron chi connectivity index (χ0n) is 14.1. The number of hydrogen-bond donors (Lipinski definition) is 1. The lowest BCUT2D eigenvalue weighted by molar-refractivity contribution is -0.114. The third-order valence-electron chi connectivity index (χ3n) is 3.48. The Hall–Kier alpha value is -1.70. The van der Waals surface area contributed by atoms with Crippen molar-refractivity contribution in [1.82, 2.24) is 0 Å². The van der Waals surface area contributed by atoms with E-state index in [2.05, 4.69) is 5.32 Å². The second-order valence-electron chi connectivity index (χ2n) is 5.48. The number of amides is 1. The standard InChI is InChI=1S/C17H19ClN2O3S2/c1-12-7-8-13(18)9-16(12)20(25(3,22)23)11-17(21)19-14-5-4-6-15(10-14)24-2/h4-10H,11H2,1-3H3,(H,19,21). The summed E-state index contributed by atoms with van der Waals surface area (Å²) >= 11 is 7.54. The first-order valence-electron chi connectivity index (χ1n) is 7.38. The minimum atomic E-state index is -3.65. The van der Waals surface area contributed by atoms with Crippen LogP contribution in [0.15, 0.2) is 47.4 Å².